The van der Waals surface area contributed by atoms with E-state index in [1.807, 2.05) is 18.8 Å². The lowest BCUT2D eigenvalue weighted by Gasteiger charge is -2.10. The van der Waals surface area contributed by atoms with Gasteiger partial charge in [-0.2, -0.15) is 0 Å². The third-order valence-corrected chi connectivity index (χ3v) is 3.56. The van der Waals surface area contributed by atoms with Crippen molar-refractivity contribution in [2.75, 3.05) is 19.3 Å². The summed E-state index contributed by atoms with van der Waals surface area (Å²) in [6.07, 6.45) is 2.59. The van der Waals surface area contributed by atoms with Crippen molar-refractivity contribution in [1.29, 1.82) is 0 Å². The van der Waals surface area contributed by atoms with Gasteiger partial charge in [0, 0.05) is 4.90 Å². The number of hydrogen-bond acceptors (Lipinski definition) is 2. The Balaban J connectivity index is 2.11. The maximum Gasteiger partial charge on any atom is 0.00719 e. The summed E-state index contributed by atoms with van der Waals surface area (Å²) in [6, 6.07) is 10.6. The molecule has 0 radical (unpaired) electrons. The van der Waals surface area contributed by atoms with Gasteiger partial charge in [0.1, 0.15) is 0 Å². The second-order valence-electron chi connectivity index (χ2n) is 3.95. The lowest BCUT2D eigenvalue weighted by atomic mass is 10.1. The molecular weight excluding hydrogens is 202 g/mol. The SMILES string of the molecule is CNCCC(C)CCSc1ccccc1. The van der Waals surface area contributed by atoms with E-state index in [-0.39, 0.29) is 0 Å². The molecule has 0 bridgehead atoms. The van der Waals surface area contributed by atoms with Crippen LogP contribution < -0.4 is 5.32 Å². The van der Waals surface area contributed by atoms with Gasteiger partial charge in [0.15, 0.2) is 0 Å². The summed E-state index contributed by atoms with van der Waals surface area (Å²) >= 11 is 1.96. The maximum atomic E-state index is 3.20. The Bertz CT molecular complexity index is 248. The van der Waals surface area contributed by atoms with E-state index in [0.717, 1.165) is 12.5 Å². The van der Waals surface area contributed by atoms with E-state index in [1.54, 1.807) is 0 Å². The number of benzene rings is 1. The average Bonchev–Trinajstić information content (AvgIpc) is 2.28. The highest BCUT2D eigenvalue weighted by atomic mass is 32.2. The highest BCUT2D eigenvalue weighted by Crippen LogP contribution is 2.20. The van der Waals surface area contributed by atoms with E-state index in [4.69, 9.17) is 0 Å². The minimum atomic E-state index is 0.827. The zero-order valence-corrected chi connectivity index (χ0v) is 10.5. The van der Waals surface area contributed by atoms with Crippen LogP contribution in [0.1, 0.15) is 19.8 Å². The second kappa shape index (κ2) is 7.77. The van der Waals surface area contributed by atoms with Crippen LogP contribution in [0.5, 0.6) is 0 Å². The van der Waals surface area contributed by atoms with Crippen molar-refractivity contribution >= 4 is 11.8 Å². The first-order valence-electron chi connectivity index (χ1n) is 5.65. The third kappa shape index (κ3) is 5.85. The van der Waals surface area contributed by atoms with Crippen LogP contribution in [-0.2, 0) is 0 Å². The van der Waals surface area contributed by atoms with Gasteiger partial charge in [-0.25, -0.2) is 0 Å². The second-order valence-corrected chi connectivity index (χ2v) is 5.12. The maximum absolute atomic E-state index is 3.20. The van der Waals surface area contributed by atoms with Crippen LogP contribution in [0, 0.1) is 5.92 Å². The Morgan fingerprint density at radius 2 is 1.93 bits per heavy atom. The minimum absolute atomic E-state index is 0.827. The normalized spacial score (nSPS) is 12.7. The molecule has 0 heterocycles. The molecule has 0 saturated carbocycles. The van der Waals surface area contributed by atoms with Gasteiger partial charge in [0.05, 0.1) is 0 Å². The minimum Gasteiger partial charge on any atom is -0.320 e. The molecule has 0 spiro atoms. The molecule has 1 rings (SSSR count). The summed E-state index contributed by atoms with van der Waals surface area (Å²) in [5.41, 5.74) is 0. The summed E-state index contributed by atoms with van der Waals surface area (Å²) in [5.74, 6) is 2.06. The quantitative estimate of drug-likeness (QED) is 0.711. The fraction of sp³-hybridized carbons (Fsp3) is 0.538. The van der Waals surface area contributed by atoms with Crippen molar-refractivity contribution < 1.29 is 0 Å². The fourth-order valence-electron chi connectivity index (χ4n) is 1.43. The molecule has 0 saturated heterocycles. The van der Waals surface area contributed by atoms with Crippen LogP contribution >= 0.6 is 11.8 Å². The Kier molecular flexibility index (Phi) is 6.53. The van der Waals surface area contributed by atoms with E-state index in [9.17, 15) is 0 Å². The number of nitrogens with one attached hydrogen (secondary N) is 1. The lowest BCUT2D eigenvalue weighted by Crippen LogP contribution is -2.11. The Morgan fingerprint density at radius 1 is 1.20 bits per heavy atom. The summed E-state index contributed by atoms with van der Waals surface area (Å²) in [4.78, 5) is 1.39. The predicted octanol–water partition coefficient (Wildman–Crippen LogP) is 3.41. The van der Waals surface area contributed by atoms with Gasteiger partial charge in [0.25, 0.3) is 0 Å². The van der Waals surface area contributed by atoms with E-state index in [0.29, 0.717) is 0 Å². The van der Waals surface area contributed by atoms with Crippen LogP contribution in [0.25, 0.3) is 0 Å². The van der Waals surface area contributed by atoms with Gasteiger partial charge in [-0.15, -0.1) is 11.8 Å². The molecule has 1 aromatic carbocycles. The van der Waals surface area contributed by atoms with Crippen molar-refractivity contribution in [2.24, 2.45) is 5.92 Å². The molecule has 0 fully saturated rings. The lowest BCUT2D eigenvalue weighted by molar-refractivity contribution is 0.506. The van der Waals surface area contributed by atoms with E-state index in [1.165, 1.54) is 23.5 Å². The summed E-state index contributed by atoms with van der Waals surface area (Å²) in [7, 11) is 2.02. The third-order valence-electron chi connectivity index (χ3n) is 2.51. The zero-order valence-electron chi connectivity index (χ0n) is 9.70. The van der Waals surface area contributed by atoms with Crippen LogP contribution in [0.2, 0.25) is 0 Å². The topological polar surface area (TPSA) is 12.0 Å². The molecule has 0 aromatic heterocycles. The molecule has 1 aromatic rings. The Labute approximate surface area is 97.7 Å². The Hall–Kier alpha value is -0.470. The molecule has 0 amide bonds. The van der Waals surface area contributed by atoms with Crippen LogP contribution in [-0.4, -0.2) is 19.3 Å². The highest BCUT2D eigenvalue weighted by Gasteiger charge is 2.01. The molecular formula is C13H21NS. The largest absolute Gasteiger partial charge is 0.320 e. The number of thioether (sulfide) groups is 1. The van der Waals surface area contributed by atoms with E-state index < -0.39 is 0 Å². The molecule has 84 valence electrons. The van der Waals surface area contributed by atoms with E-state index >= 15 is 0 Å². The molecule has 1 atom stereocenters. The average molecular weight is 223 g/mol. The molecule has 0 aliphatic carbocycles. The molecule has 0 aliphatic rings. The number of rotatable bonds is 7. The zero-order chi connectivity index (χ0) is 10.9. The summed E-state index contributed by atoms with van der Waals surface area (Å²) in [6.45, 7) is 3.47. The van der Waals surface area contributed by atoms with Gasteiger partial charge >= 0.3 is 0 Å². The molecule has 1 nitrogen and oxygen atoms in total. The van der Waals surface area contributed by atoms with Crippen molar-refractivity contribution in [1.82, 2.24) is 5.32 Å². The Morgan fingerprint density at radius 3 is 2.60 bits per heavy atom. The van der Waals surface area contributed by atoms with Crippen molar-refractivity contribution in [2.45, 2.75) is 24.7 Å². The van der Waals surface area contributed by atoms with Crippen LogP contribution in [0.15, 0.2) is 35.2 Å². The first-order valence-corrected chi connectivity index (χ1v) is 6.64. The molecule has 2 heteroatoms. The fourth-order valence-corrected chi connectivity index (χ4v) is 2.54. The van der Waals surface area contributed by atoms with Crippen molar-refractivity contribution in [3.05, 3.63) is 30.3 Å². The molecule has 1 unspecified atom stereocenters. The number of hydrogen-bond donors (Lipinski definition) is 1. The molecule has 0 aliphatic heterocycles. The first kappa shape index (κ1) is 12.6. The van der Waals surface area contributed by atoms with Gasteiger partial charge in [-0.1, -0.05) is 25.1 Å². The standard InChI is InChI=1S/C13H21NS/c1-12(8-10-14-2)9-11-15-13-6-4-3-5-7-13/h3-7,12,14H,8-11H2,1-2H3. The van der Waals surface area contributed by atoms with Gasteiger partial charge in [-0.05, 0) is 50.2 Å². The monoisotopic (exact) mass is 223 g/mol. The molecule has 1 N–H and O–H groups in total. The molecule has 15 heavy (non-hydrogen) atoms. The predicted molar refractivity (Wildman–Crippen MR) is 69.5 cm³/mol. The van der Waals surface area contributed by atoms with Gasteiger partial charge in [-0.3, -0.25) is 0 Å². The van der Waals surface area contributed by atoms with Gasteiger partial charge < -0.3 is 5.32 Å². The van der Waals surface area contributed by atoms with Crippen molar-refractivity contribution in [3.8, 4) is 0 Å². The summed E-state index contributed by atoms with van der Waals surface area (Å²) in [5, 5.41) is 3.20. The van der Waals surface area contributed by atoms with Gasteiger partial charge in [0.2, 0.25) is 0 Å². The van der Waals surface area contributed by atoms with E-state index in [2.05, 4.69) is 42.6 Å². The van der Waals surface area contributed by atoms with Crippen LogP contribution in [0.3, 0.4) is 0 Å². The summed E-state index contributed by atoms with van der Waals surface area (Å²) < 4.78 is 0. The van der Waals surface area contributed by atoms with Crippen molar-refractivity contribution in [3.63, 3.8) is 0 Å². The first-order chi connectivity index (χ1) is 7.33. The highest BCUT2D eigenvalue weighted by molar-refractivity contribution is 7.99. The smallest absolute Gasteiger partial charge is 0.00719 e. The van der Waals surface area contributed by atoms with Crippen LogP contribution in [0.4, 0.5) is 0 Å².